The first-order valence-electron chi connectivity index (χ1n) is 5.90. The van der Waals surface area contributed by atoms with E-state index in [1.165, 1.54) is 12.3 Å². The fourth-order valence-electron chi connectivity index (χ4n) is 1.68. The quantitative estimate of drug-likeness (QED) is 0.804. The first kappa shape index (κ1) is 14.1. The van der Waals surface area contributed by atoms with Crippen LogP contribution in [0.4, 0.5) is 0 Å². The number of benzene rings is 1. The molecule has 1 amide bonds. The van der Waals surface area contributed by atoms with E-state index in [0.29, 0.717) is 16.1 Å². The van der Waals surface area contributed by atoms with Gasteiger partial charge in [0.1, 0.15) is 11.8 Å². The third-order valence-corrected chi connectivity index (χ3v) is 3.02. The van der Waals surface area contributed by atoms with Crippen LogP contribution in [0.25, 0.3) is 0 Å². The first-order chi connectivity index (χ1) is 9.60. The number of amides is 1. The number of carbonyl (C=O) groups excluding carboxylic acids is 1. The predicted molar refractivity (Wildman–Crippen MR) is 74.3 cm³/mol. The van der Waals surface area contributed by atoms with Gasteiger partial charge in [0.05, 0.1) is 11.7 Å². The van der Waals surface area contributed by atoms with Crippen LogP contribution in [0.5, 0.6) is 0 Å². The van der Waals surface area contributed by atoms with Gasteiger partial charge in [-0.3, -0.25) is 4.79 Å². The zero-order chi connectivity index (χ0) is 14.5. The number of H-pyrrole nitrogens is 1. The summed E-state index contributed by atoms with van der Waals surface area (Å²) >= 11 is 5.76. The predicted octanol–water partition coefficient (Wildman–Crippen LogP) is 2.00. The van der Waals surface area contributed by atoms with E-state index in [1.807, 2.05) is 6.07 Å². The Balaban J connectivity index is 1.93. The maximum Gasteiger partial charge on any atom is 0.267 e. The van der Waals surface area contributed by atoms with E-state index in [2.05, 4.69) is 10.3 Å². The molecule has 0 aliphatic carbocycles. The molecule has 102 valence electrons. The summed E-state index contributed by atoms with van der Waals surface area (Å²) in [5.41, 5.74) is 1.33. The molecule has 20 heavy (non-hydrogen) atoms. The van der Waals surface area contributed by atoms with E-state index in [0.717, 1.165) is 0 Å². The van der Waals surface area contributed by atoms with E-state index in [-0.39, 0.29) is 18.1 Å². The number of aliphatic hydroxyl groups excluding tert-OH is 1. The van der Waals surface area contributed by atoms with Gasteiger partial charge in [-0.2, -0.15) is 5.26 Å². The van der Waals surface area contributed by atoms with Gasteiger partial charge in [0, 0.05) is 17.8 Å². The number of aromatic amines is 1. The van der Waals surface area contributed by atoms with E-state index in [9.17, 15) is 9.90 Å². The van der Waals surface area contributed by atoms with Crippen molar-refractivity contribution in [2.45, 2.75) is 6.10 Å². The van der Waals surface area contributed by atoms with Crippen molar-refractivity contribution in [3.8, 4) is 6.07 Å². The van der Waals surface area contributed by atoms with Crippen LogP contribution < -0.4 is 5.32 Å². The Morgan fingerprint density at radius 2 is 2.15 bits per heavy atom. The van der Waals surface area contributed by atoms with Gasteiger partial charge >= 0.3 is 0 Å². The van der Waals surface area contributed by atoms with Crippen LogP contribution in [0, 0.1) is 11.3 Å². The highest BCUT2D eigenvalue weighted by atomic mass is 35.5. The fourth-order valence-corrected chi connectivity index (χ4v) is 1.80. The molecule has 0 saturated heterocycles. The number of carbonyl (C=O) groups is 1. The molecule has 2 rings (SSSR count). The minimum atomic E-state index is -0.818. The number of hydrogen-bond donors (Lipinski definition) is 3. The Morgan fingerprint density at radius 3 is 2.75 bits per heavy atom. The van der Waals surface area contributed by atoms with Gasteiger partial charge < -0.3 is 15.4 Å². The van der Waals surface area contributed by atoms with Crippen molar-refractivity contribution in [1.82, 2.24) is 10.3 Å². The number of nitriles is 1. The summed E-state index contributed by atoms with van der Waals surface area (Å²) in [5.74, 6) is -0.375. The molecule has 5 nitrogen and oxygen atoms in total. The summed E-state index contributed by atoms with van der Waals surface area (Å²) in [4.78, 5) is 14.5. The monoisotopic (exact) mass is 289 g/mol. The van der Waals surface area contributed by atoms with Crippen molar-refractivity contribution in [3.63, 3.8) is 0 Å². The second-order valence-corrected chi connectivity index (χ2v) is 4.63. The van der Waals surface area contributed by atoms with Gasteiger partial charge in [-0.25, -0.2) is 0 Å². The van der Waals surface area contributed by atoms with Crippen LogP contribution in [-0.4, -0.2) is 22.5 Å². The molecule has 1 heterocycles. The average Bonchev–Trinajstić information content (AvgIpc) is 2.94. The molecule has 3 N–H and O–H groups in total. The summed E-state index contributed by atoms with van der Waals surface area (Å²) in [6.45, 7) is 0.0708. The van der Waals surface area contributed by atoms with Crippen LogP contribution in [-0.2, 0) is 0 Å². The van der Waals surface area contributed by atoms with Crippen molar-refractivity contribution in [2.75, 3.05) is 6.54 Å². The average molecular weight is 290 g/mol. The molecule has 0 bridgehead atoms. The number of aromatic nitrogens is 1. The highest BCUT2D eigenvalue weighted by Crippen LogP contribution is 2.15. The lowest BCUT2D eigenvalue weighted by Crippen LogP contribution is -2.28. The van der Waals surface area contributed by atoms with Crippen LogP contribution >= 0.6 is 11.6 Å². The maximum atomic E-state index is 11.8. The lowest BCUT2D eigenvalue weighted by atomic mass is 10.1. The highest BCUT2D eigenvalue weighted by Gasteiger charge is 2.12. The summed E-state index contributed by atoms with van der Waals surface area (Å²) in [7, 11) is 0. The standard InChI is InChI=1S/C14H12ClN3O2/c15-11-3-1-10(2-4-11)13(19)8-18-14(20)12-5-9(6-16)7-17-12/h1-5,7,13,17,19H,8H2,(H,18,20). The molecule has 1 atom stereocenters. The normalized spacial score (nSPS) is 11.7. The number of halogens is 1. The van der Waals surface area contributed by atoms with Gasteiger partial charge in [-0.05, 0) is 23.8 Å². The number of aliphatic hydroxyl groups is 1. The Hall–Kier alpha value is -2.29. The van der Waals surface area contributed by atoms with Gasteiger partial charge in [-0.1, -0.05) is 23.7 Å². The van der Waals surface area contributed by atoms with Gasteiger partial charge in [-0.15, -0.1) is 0 Å². The molecule has 6 heteroatoms. The fraction of sp³-hybridized carbons (Fsp3) is 0.143. The third-order valence-electron chi connectivity index (χ3n) is 2.77. The maximum absolute atomic E-state index is 11.8. The summed E-state index contributed by atoms with van der Waals surface area (Å²) in [6, 6.07) is 10.1. The molecule has 0 spiro atoms. The molecule has 0 radical (unpaired) electrons. The largest absolute Gasteiger partial charge is 0.387 e. The SMILES string of the molecule is N#Cc1c[nH]c(C(=O)NCC(O)c2ccc(Cl)cc2)c1. The van der Waals surface area contributed by atoms with Crippen molar-refractivity contribution >= 4 is 17.5 Å². The Morgan fingerprint density at radius 1 is 1.45 bits per heavy atom. The van der Waals surface area contributed by atoms with E-state index in [4.69, 9.17) is 16.9 Å². The molecule has 0 saturated carbocycles. The minimum Gasteiger partial charge on any atom is -0.387 e. The minimum absolute atomic E-state index is 0.0708. The topological polar surface area (TPSA) is 88.9 Å². The Kier molecular flexibility index (Phi) is 4.41. The Bertz CT molecular complexity index is 643. The van der Waals surface area contributed by atoms with Gasteiger partial charge in [0.2, 0.25) is 0 Å². The van der Waals surface area contributed by atoms with Crippen molar-refractivity contribution in [1.29, 1.82) is 5.26 Å². The molecule has 1 unspecified atom stereocenters. The molecule has 1 aromatic carbocycles. The lowest BCUT2D eigenvalue weighted by Gasteiger charge is -2.11. The molecular formula is C14H12ClN3O2. The molecule has 0 aliphatic heterocycles. The summed E-state index contributed by atoms with van der Waals surface area (Å²) in [5, 5.41) is 21.8. The molecule has 1 aromatic heterocycles. The van der Waals surface area contributed by atoms with Crippen LogP contribution in [0.3, 0.4) is 0 Å². The van der Waals surface area contributed by atoms with Crippen LogP contribution in [0.2, 0.25) is 5.02 Å². The van der Waals surface area contributed by atoms with E-state index >= 15 is 0 Å². The smallest absolute Gasteiger partial charge is 0.267 e. The van der Waals surface area contributed by atoms with Gasteiger partial charge in [0.15, 0.2) is 0 Å². The van der Waals surface area contributed by atoms with Crippen molar-refractivity contribution < 1.29 is 9.90 Å². The lowest BCUT2D eigenvalue weighted by molar-refractivity contribution is 0.0912. The van der Waals surface area contributed by atoms with Crippen molar-refractivity contribution in [2.24, 2.45) is 0 Å². The number of rotatable bonds is 4. The molecule has 0 aliphatic rings. The summed E-state index contributed by atoms with van der Waals surface area (Å²) in [6.07, 6.45) is 0.631. The van der Waals surface area contributed by atoms with Crippen molar-refractivity contribution in [3.05, 3.63) is 58.4 Å². The second-order valence-electron chi connectivity index (χ2n) is 4.19. The van der Waals surface area contributed by atoms with Crippen LogP contribution in [0.15, 0.2) is 36.5 Å². The second kappa shape index (κ2) is 6.24. The Labute approximate surface area is 120 Å². The molecular weight excluding hydrogens is 278 g/mol. The number of nitrogens with one attached hydrogen (secondary N) is 2. The van der Waals surface area contributed by atoms with Gasteiger partial charge in [0.25, 0.3) is 5.91 Å². The highest BCUT2D eigenvalue weighted by molar-refractivity contribution is 6.30. The molecule has 0 fully saturated rings. The zero-order valence-corrected chi connectivity index (χ0v) is 11.2. The number of nitrogens with zero attached hydrogens (tertiary/aromatic N) is 1. The van der Waals surface area contributed by atoms with E-state index in [1.54, 1.807) is 24.3 Å². The first-order valence-corrected chi connectivity index (χ1v) is 6.28. The van der Waals surface area contributed by atoms with E-state index < -0.39 is 6.10 Å². The van der Waals surface area contributed by atoms with Crippen LogP contribution in [0.1, 0.15) is 27.7 Å². The zero-order valence-electron chi connectivity index (χ0n) is 10.4. The third kappa shape index (κ3) is 3.38. The number of hydrogen-bond acceptors (Lipinski definition) is 3. The summed E-state index contributed by atoms with van der Waals surface area (Å²) < 4.78 is 0. The molecule has 2 aromatic rings.